The van der Waals surface area contributed by atoms with Gasteiger partial charge < -0.3 is 14.5 Å². The Morgan fingerprint density at radius 2 is 2.29 bits per heavy atom. The smallest absolute Gasteiger partial charge is 0.180 e. The average Bonchev–Trinajstić information content (AvgIpc) is 2.95. The topological polar surface area (TPSA) is 75.2 Å². The van der Waals surface area contributed by atoms with E-state index in [-0.39, 0.29) is 0 Å². The molecule has 21 heavy (non-hydrogen) atoms. The lowest BCUT2D eigenvalue weighted by atomic mass is 10.2. The average molecular weight is 344 g/mol. The lowest BCUT2D eigenvalue weighted by Crippen LogP contribution is -2.02. The number of nitrogens with one attached hydrogen (secondary N) is 1. The van der Waals surface area contributed by atoms with E-state index in [1.165, 1.54) is 0 Å². The number of rotatable bonds is 3. The van der Waals surface area contributed by atoms with Crippen LogP contribution >= 0.6 is 15.9 Å². The normalized spacial score (nSPS) is 10.3. The summed E-state index contributed by atoms with van der Waals surface area (Å²) in [6.07, 6.45) is 5.31. The Balaban J connectivity index is 2.15. The molecule has 0 atom stereocenters. The zero-order chi connectivity index (χ0) is 14.8. The quantitative estimate of drug-likeness (QED) is 0.790. The first-order chi connectivity index (χ1) is 10.2. The number of fused-ring (bicyclic) bond motifs is 1. The van der Waals surface area contributed by atoms with E-state index in [2.05, 4.69) is 37.3 Å². The molecule has 3 aromatic rings. The molecule has 3 rings (SSSR count). The van der Waals surface area contributed by atoms with Crippen LogP contribution in [0.3, 0.4) is 0 Å². The highest BCUT2D eigenvalue weighted by Crippen LogP contribution is 2.31. The van der Waals surface area contributed by atoms with Gasteiger partial charge in [-0.05, 0) is 28.1 Å². The van der Waals surface area contributed by atoms with E-state index < -0.39 is 0 Å². The molecule has 0 aliphatic carbocycles. The van der Waals surface area contributed by atoms with Gasteiger partial charge in [0, 0.05) is 18.6 Å². The zero-order valence-electron chi connectivity index (χ0n) is 11.0. The molecule has 7 heteroatoms. The van der Waals surface area contributed by atoms with Gasteiger partial charge in [-0.2, -0.15) is 5.26 Å². The molecule has 0 radical (unpaired) electrons. The van der Waals surface area contributed by atoms with Crippen LogP contribution in [0.1, 0.15) is 5.56 Å². The van der Waals surface area contributed by atoms with Gasteiger partial charge in [0.1, 0.15) is 22.1 Å². The van der Waals surface area contributed by atoms with Crippen molar-refractivity contribution in [1.29, 1.82) is 5.26 Å². The van der Waals surface area contributed by atoms with Crippen molar-refractivity contribution in [3.05, 3.63) is 47.0 Å². The van der Waals surface area contributed by atoms with Crippen LogP contribution in [-0.4, -0.2) is 21.5 Å². The van der Waals surface area contributed by atoms with Crippen LogP contribution in [0.2, 0.25) is 0 Å². The third-order valence-corrected chi connectivity index (χ3v) is 3.34. The van der Waals surface area contributed by atoms with Gasteiger partial charge in [0.15, 0.2) is 11.5 Å². The molecule has 0 spiro atoms. The summed E-state index contributed by atoms with van der Waals surface area (Å²) >= 11 is 3.36. The van der Waals surface area contributed by atoms with E-state index in [1.54, 1.807) is 37.7 Å². The zero-order valence-corrected chi connectivity index (χ0v) is 12.6. The molecule has 0 saturated carbocycles. The number of aromatic nitrogens is 3. The van der Waals surface area contributed by atoms with Gasteiger partial charge in [-0.1, -0.05) is 6.07 Å². The van der Waals surface area contributed by atoms with Gasteiger partial charge >= 0.3 is 0 Å². The third kappa shape index (κ3) is 2.41. The minimum absolute atomic E-state index is 0.473. The number of imidazole rings is 1. The van der Waals surface area contributed by atoms with Crippen molar-refractivity contribution < 1.29 is 4.74 Å². The number of ether oxygens (including phenoxy) is 1. The fourth-order valence-corrected chi connectivity index (χ4v) is 2.42. The number of hydrogen-bond acceptors (Lipinski definition) is 5. The Bertz CT molecular complexity index is 852. The molecule has 0 unspecified atom stereocenters. The third-order valence-electron chi connectivity index (χ3n) is 2.95. The molecular weight excluding hydrogens is 334 g/mol. The van der Waals surface area contributed by atoms with Gasteiger partial charge in [-0.3, -0.25) is 0 Å². The number of anilines is 2. The van der Waals surface area contributed by atoms with Crippen LogP contribution in [0.15, 0.2) is 41.4 Å². The second-order valence-corrected chi connectivity index (χ2v) is 5.00. The lowest BCUT2D eigenvalue weighted by molar-refractivity contribution is 0.416. The molecule has 0 amide bonds. The number of para-hydroxylation sites is 1. The van der Waals surface area contributed by atoms with Crippen molar-refractivity contribution in [1.82, 2.24) is 14.4 Å². The van der Waals surface area contributed by atoms with Crippen LogP contribution in [-0.2, 0) is 0 Å². The standard InChI is InChI=1S/C14H10BrN5O/c1-21-10-4-2-3-9(7-16)12(10)19-13-14-17-5-6-20(14)8-11(15)18-13/h2-6,8H,1H3,(H,18,19). The SMILES string of the molecule is COc1cccc(C#N)c1Nc1nc(Br)cn2ccnc12. The summed E-state index contributed by atoms with van der Waals surface area (Å²) < 4.78 is 7.79. The monoisotopic (exact) mass is 343 g/mol. The molecule has 0 aliphatic rings. The molecule has 1 N–H and O–H groups in total. The second kappa shape index (κ2) is 5.42. The summed E-state index contributed by atoms with van der Waals surface area (Å²) in [5.41, 5.74) is 1.70. The molecular formula is C14H10BrN5O. The van der Waals surface area contributed by atoms with E-state index in [0.717, 1.165) is 0 Å². The predicted octanol–water partition coefficient (Wildman–Crippen LogP) is 3.12. The molecule has 2 heterocycles. The number of benzene rings is 1. The summed E-state index contributed by atoms with van der Waals surface area (Å²) in [5, 5.41) is 12.4. The number of methoxy groups -OCH3 is 1. The molecule has 0 saturated heterocycles. The number of nitrogens with zero attached hydrogens (tertiary/aromatic N) is 4. The summed E-state index contributed by atoms with van der Waals surface area (Å²) in [7, 11) is 1.56. The second-order valence-electron chi connectivity index (χ2n) is 4.19. The molecule has 0 fully saturated rings. The van der Waals surface area contributed by atoms with Crippen LogP contribution in [0.4, 0.5) is 11.5 Å². The largest absolute Gasteiger partial charge is 0.495 e. The van der Waals surface area contributed by atoms with Crippen molar-refractivity contribution in [3.8, 4) is 11.8 Å². The summed E-state index contributed by atoms with van der Waals surface area (Å²) in [5.74, 6) is 1.11. The number of halogens is 1. The van der Waals surface area contributed by atoms with E-state index in [9.17, 15) is 5.26 Å². The van der Waals surface area contributed by atoms with Crippen molar-refractivity contribution >= 4 is 33.1 Å². The highest BCUT2D eigenvalue weighted by atomic mass is 79.9. The van der Waals surface area contributed by atoms with Gasteiger partial charge in [-0.25, -0.2) is 9.97 Å². The fraction of sp³-hybridized carbons (Fsp3) is 0.0714. The minimum atomic E-state index is 0.473. The highest BCUT2D eigenvalue weighted by molar-refractivity contribution is 9.10. The summed E-state index contributed by atoms with van der Waals surface area (Å²) in [6, 6.07) is 7.40. The molecule has 6 nitrogen and oxygen atoms in total. The molecule has 2 aromatic heterocycles. The fourth-order valence-electron chi connectivity index (χ4n) is 2.03. The van der Waals surface area contributed by atoms with Crippen LogP contribution in [0.5, 0.6) is 5.75 Å². The van der Waals surface area contributed by atoms with Crippen molar-refractivity contribution in [2.75, 3.05) is 12.4 Å². The Labute approximate surface area is 129 Å². The summed E-state index contributed by atoms with van der Waals surface area (Å²) in [4.78, 5) is 8.64. The molecule has 104 valence electrons. The number of nitriles is 1. The van der Waals surface area contributed by atoms with E-state index in [4.69, 9.17) is 4.74 Å². The summed E-state index contributed by atoms with van der Waals surface area (Å²) in [6.45, 7) is 0. The first-order valence-electron chi connectivity index (χ1n) is 6.06. The van der Waals surface area contributed by atoms with Crippen molar-refractivity contribution in [2.45, 2.75) is 0 Å². The maximum atomic E-state index is 9.25. The van der Waals surface area contributed by atoms with Crippen LogP contribution in [0, 0.1) is 11.3 Å². The first kappa shape index (κ1) is 13.4. The Morgan fingerprint density at radius 1 is 1.43 bits per heavy atom. The Kier molecular flexibility index (Phi) is 3.46. The van der Waals surface area contributed by atoms with E-state index in [1.807, 2.05) is 10.6 Å². The Morgan fingerprint density at radius 3 is 3.05 bits per heavy atom. The Hall–Kier alpha value is -2.59. The van der Waals surface area contributed by atoms with Crippen LogP contribution < -0.4 is 10.1 Å². The lowest BCUT2D eigenvalue weighted by Gasteiger charge is -2.12. The van der Waals surface area contributed by atoms with Gasteiger partial charge in [0.25, 0.3) is 0 Å². The first-order valence-corrected chi connectivity index (χ1v) is 6.85. The van der Waals surface area contributed by atoms with Crippen molar-refractivity contribution in [3.63, 3.8) is 0 Å². The van der Waals surface area contributed by atoms with Crippen molar-refractivity contribution in [2.24, 2.45) is 0 Å². The highest BCUT2D eigenvalue weighted by Gasteiger charge is 2.13. The minimum Gasteiger partial charge on any atom is -0.495 e. The maximum Gasteiger partial charge on any atom is 0.180 e. The maximum absolute atomic E-state index is 9.25. The van der Waals surface area contributed by atoms with E-state index >= 15 is 0 Å². The number of hydrogen-bond donors (Lipinski definition) is 1. The van der Waals surface area contributed by atoms with Gasteiger partial charge in [0.05, 0.1) is 12.7 Å². The van der Waals surface area contributed by atoms with Crippen LogP contribution in [0.25, 0.3) is 5.65 Å². The molecule has 0 aliphatic heterocycles. The van der Waals surface area contributed by atoms with E-state index in [0.29, 0.717) is 33.1 Å². The molecule has 0 bridgehead atoms. The molecule has 1 aromatic carbocycles. The van der Waals surface area contributed by atoms with Gasteiger partial charge in [0.2, 0.25) is 0 Å². The predicted molar refractivity (Wildman–Crippen MR) is 81.7 cm³/mol. The van der Waals surface area contributed by atoms with Gasteiger partial charge in [-0.15, -0.1) is 0 Å².